The van der Waals surface area contributed by atoms with E-state index in [-0.39, 0.29) is 42.4 Å². The zero-order valence-electron chi connectivity index (χ0n) is 14.7. The van der Waals surface area contributed by atoms with Crippen molar-refractivity contribution in [1.82, 2.24) is 0 Å². The average molecular weight is 346 g/mol. The highest BCUT2D eigenvalue weighted by molar-refractivity contribution is 6.21. The first-order valence-corrected chi connectivity index (χ1v) is 8.59. The molecule has 3 rings (SSSR count). The molecule has 1 aromatic carbocycles. The number of amides is 3. The first kappa shape index (κ1) is 17.6. The van der Waals surface area contributed by atoms with Gasteiger partial charge in [-0.15, -0.1) is 0 Å². The monoisotopic (exact) mass is 346 g/mol. The Hall–Kier alpha value is -2.25. The van der Waals surface area contributed by atoms with Crippen molar-refractivity contribution in [2.24, 2.45) is 0 Å². The Morgan fingerprint density at radius 2 is 1.76 bits per heavy atom. The van der Waals surface area contributed by atoms with Gasteiger partial charge in [-0.3, -0.25) is 14.4 Å². The molecule has 0 aromatic heterocycles. The van der Waals surface area contributed by atoms with Crippen LogP contribution in [0.1, 0.15) is 27.2 Å². The maximum Gasteiger partial charge on any atom is 0.292 e. The van der Waals surface area contributed by atoms with Crippen LogP contribution >= 0.6 is 0 Å². The molecule has 134 valence electrons. The van der Waals surface area contributed by atoms with Crippen LogP contribution in [-0.2, 0) is 19.1 Å². The van der Waals surface area contributed by atoms with Crippen molar-refractivity contribution in [3.05, 3.63) is 24.3 Å². The molecular weight excluding hydrogens is 322 g/mol. The molecule has 25 heavy (non-hydrogen) atoms. The van der Waals surface area contributed by atoms with Gasteiger partial charge in [0.05, 0.1) is 12.1 Å². The summed E-state index contributed by atoms with van der Waals surface area (Å²) in [6, 6.07) is 6.40. The Labute approximate surface area is 146 Å². The molecule has 3 atom stereocenters. The lowest BCUT2D eigenvalue weighted by atomic mass is 10.1. The fourth-order valence-electron chi connectivity index (χ4n) is 3.72. The Balaban J connectivity index is 1.76. The van der Waals surface area contributed by atoms with E-state index in [4.69, 9.17) is 4.74 Å². The number of hydrogen-bond donors (Lipinski definition) is 2. The quantitative estimate of drug-likeness (QED) is 0.753. The van der Waals surface area contributed by atoms with E-state index in [0.717, 1.165) is 18.0 Å². The molecule has 2 heterocycles. The van der Waals surface area contributed by atoms with Crippen LogP contribution in [0.15, 0.2) is 24.3 Å². The zero-order valence-corrected chi connectivity index (χ0v) is 14.7. The number of benzene rings is 1. The van der Waals surface area contributed by atoms with Crippen LogP contribution in [0, 0.1) is 0 Å². The van der Waals surface area contributed by atoms with Crippen LogP contribution < -0.4 is 15.1 Å². The summed E-state index contributed by atoms with van der Waals surface area (Å²) < 4.78 is 5.73. The van der Waals surface area contributed by atoms with Gasteiger partial charge >= 0.3 is 0 Å². The molecule has 0 spiro atoms. The number of morpholine rings is 1. The van der Waals surface area contributed by atoms with Gasteiger partial charge < -0.3 is 15.0 Å². The van der Waals surface area contributed by atoms with Crippen molar-refractivity contribution in [3.8, 4) is 0 Å². The number of carbonyl (C=O) groups is 3. The number of nitrogens with one attached hydrogen (secondary N) is 2. The summed E-state index contributed by atoms with van der Waals surface area (Å²) in [6.45, 7) is 6.87. The Morgan fingerprint density at radius 3 is 2.32 bits per heavy atom. The third-order valence-electron chi connectivity index (χ3n) is 4.65. The lowest BCUT2D eigenvalue weighted by molar-refractivity contribution is -0.929. The van der Waals surface area contributed by atoms with Crippen LogP contribution in [0.3, 0.4) is 0 Å². The molecule has 2 saturated heterocycles. The van der Waals surface area contributed by atoms with Crippen LogP contribution in [-0.4, -0.2) is 49.1 Å². The van der Waals surface area contributed by atoms with Gasteiger partial charge in [-0.25, -0.2) is 4.90 Å². The highest BCUT2D eigenvalue weighted by atomic mass is 16.5. The van der Waals surface area contributed by atoms with E-state index in [1.807, 2.05) is 13.8 Å². The number of imide groups is 1. The van der Waals surface area contributed by atoms with Crippen molar-refractivity contribution in [1.29, 1.82) is 0 Å². The van der Waals surface area contributed by atoms with Crippen molar-refractivity contribution >= 4 is 29.1 Å². The number of nitrogens with zero attached hydrogens (tertiary/aromatic N) is 1. The molecule has 0 unspecified atom stereocenters. The molecule has 0 aliphatic carbocycles. The van der Waals surface area contributed by atoms with Gasteiger partial charge in [-0.1, -0.05) is 0 Å². The lowest BCUT2D eigenvalue weighted by Gasteiger charge is -2.34. The number of quaternary nitrogens is 1. The number of ether oxygens (including phenoxy) is 1. The SMILES string of the molecule is CC(=O)Nc1ccc(N2C(=O)C[C@@H]([NH+]3C[C@H](C)O[C@@H](C)C3)C2=O)cc1. The minimum absolute atomic E-state index is 0.0765. The smallest absolute Gasteiger partial charge is 0.292 e. The Bertz CT molecular complexity index is 678. The van der Waals surface area contributed by atoms with Crippen LogP contribution in [0.25, 0.3) is 0 Å². The molecule has 0 bridgehead atoms. The van der Waals surface area contributed by atoms with Gasteiger partial charge in [0.2, 0.25) is 11.8 Å². The van der Waals surface area contributed by atoms with Gasteiger partial charge in [-0.05, 0) is 38.1 Å². The van der Waals surface area contributed by atoms with Gasteiger partial charge in [0.1, 0.15) is 25.3 Å². The normalized spacial score (nSPS) is 29.8. The number of rotatable bonds is 3. The average Bonchev–Trinajstić information content (AvgIpc) is 2.82. The summed E-state index contributed by atoms with van der Waals surface area (Å²) in [5.41, 5.74) is 1.17. The highest BCUT2D eigenvalue weighted by Crippen LogP contribution is 2.24. The zero-order chi connectivity index (χ0) is 18.1. The number of anilines is 2. The van der Waals surface area contributed by atoms with E-state index in [0.29, 0.717) is 11.4 Å². The molecule has 3 amide bonds. The molecule has 7 nitrogen and oxygen atoms in total. The van der Waals surface area contributed by atoms with E-state index >= 15 is 0 Å². The topological polar surface area (TPSA) is 80.2 Å². The fraction of sp³-hybridized carbons (Fsp3) is 0.500. The summed E-state index contributed by atoms with van der Waals surface area (Å²) in [5, 5.41) is 2.67. The molecule has 0 radical (unpaired) electrons. The maximum atomic E-state index is 12.9. The molecule has 2 aliphatic rings. The van der Waals surface area contributed by atoms with E-state index in [2.05, 4.69) is 5.32 Å². The second-order valence-corrected chi connectivity index (χ2v) is 6.88. The van der Waals surface area contributed by atoms with E-state index in [9.17, 15) is 14.4 Å². The van der Waals surface area contributed by atoms with Crippen LogP contribution in [0.4, 0.5) is 11.4 Å². The highest BCUT2D eigenvalue weighted by Gasteiger charge is 2.47. The molecule has 2 N–H and O–H groups in total. The second kappa shape index (κ2) is 6.93. The largest absolute Gasteiger partial charge is 0.364 e. The van der Waals surface area contributed by atoms with Gasteiger partial charge in [0.25, 0.3) is 5.91 Å². The van der Waals surface area contributed by atoms with E-state index in [1.54, 1.807) is 24.3 Å². The third-order valence-corrected chi connectivity index (χ3v) is 4.65. The minimum atomic E-state index is -0.351. The summed E-state index contributed by atoms with van der Waals surface area (Å²) in [4.78, 5) is 38.8. The second-order valence-electron chi connectivity index (χ2n) is 6.88. The number of hydrogen-bond acceptors (Lipinski definition) is 4. The predicted molar refractivity (Wildman–Crippen MR) is 92.3 cm³/mol. The standard InChI is InChI=1S/C18H23N3O4/c1-11-9-20(10-12(2)25-11)16-8-17(23)21(18(16)24)15-6-4-14(5-7-15)19-13(3)22/h4-7,11-12,16H,8-10H2,1-3H3,(H,19,22)/p+1/t11-,12-,16+/m0/s1. The van der Waals surface area contributed by atoms with E-state index in [1.165, 1.54) is 11.8 Å². The fourth-order valence-corrected chi connectivity index (χ4v) is 3.72. The van der Waals surface area contributed by atoms with Crippen molar-refractivity contribution in [2.75, 3.05) is 23.3 Å². The summed E-state index contributed by atoms with van der Waals surface area (Å²) in [7, 11) is 0. The molecule has 0 saturated carbocycles. The summed E-state index contributed by atoms with van der Waals surface area (Å²) in [6.07, 6.45) is 0.376. The van der Waals surface area contributed by atoms with Crippen molar-refractivity contribution in [2.45, 2.75) is 45.4 Å². The van der Waals surface area contributed by atoms with Crippen LogP contribution in [0.5, 0.6) is 0 Å². The number of carbonyl (C=O) groups excluding carboxylic acids is 3. The molecule has 2 fully saturated rings. The Morgan fingerprint density at radius 1 is 1.16 bits per heavy atom. The first-order valence-electron chi connectivity index (χ1n) is 8.59. The van der Waals surface area contributed by atoms with Crippen molar-refractivity contribution < 1.29 is 24.0 Å². The predicted octanol–water partition coefficient (Wildman–Crippen LogP) is -0.0310. The van der Waals surface area contributed by atoms with E-state index < -0.39 is 0 Å². The third kappa shape index (κ3) is 3.72. The first-order chi connectivity index (χ1) is 11.8. The molecule has 7 heteroatoms. The van der Waals surface area contributed by atoms with Gasteiger partial charge in [0, 0.05) is 12.6 Å². The van der Waals surface area contributed by atoms with Crippen LogP contribution in [0.2, 0.25) is 0 Å². The van der Waals surface area contributed by atoms with Gasteiger partial charge in [0.15, 0.2) is 6.04 Å². The summed E-state index contributed by atoms with van der Waals surface area (Å²) in [5.74, 6) is -0.504. The van der Waals surface area contributed by atoms with Gasteiger partial charge in [-0.2, -0.15) is 0 Å². The Kier molecular flexibility index (Phi) is 4.87. The lowest BCUT2D eigenvalue weighted by Crippen LogP contribution is -3.19. The molecule has 1 aromatic rings. The summed E-state index contributed by atoms with van der Waals surface area (Å²) >= 11 is 0. The molecular formula is C18H24N3O4+. The maximum absolute atomic E-state index is 12.9. The molecule has 2 aliphatic heterocycles. The van der Waals surface area contributed by atoms with Crippen molar-refractivity contribution in [3.63, 3.8) is 0 Å². The minimum Gasteiger partial charge on any atom is -0.364 e.